The maximum Gasteiger partial charge on any atom is 0.290 e. The molecule has 1 rings (SSSR count). The number of hydrogen-bond acceptors (Lipinski definition) is 3. The Labute approximate surface area is 76.9 Å². The summed E-state index contributed by atoms with van der Waals surface area (Å²) in [5.41, 5.74) is 0. The summed E-state index contributed by atoms with van der Waals surface area (Å²) >= 11 is 0. The van der Waals surface area contributed by atoms with Gasteiger partial charge in [-0.25, -0.2) is 4.98 Å². The molecule has 1 aromatic rings. The van der Waals surface area contributed by atoms with E-state index in [1.807, 2.05) is 0 Å². The number of carbonyl (C=O) groups excluding carboxylic acids is 1. The molecule has 0 fully saturated rings. The number of rotatable bonds is 4. The second-order valence-electron chi connectivity index (χ2n) is 3.26. The van der Waals surface area contributed by atoms with Crippen molar-refractivity contribution in [1.29, 1.82) is 0 Å². The Hall–Kier alpha value is -1.39. The fraction of sp³-hybridized carbons (Fsp3) is 0.625. The van der Waals surface area contributed by atoms with E-state index in [2.05, 4.69) is 34.3 Å². The van der Waals surface area contributed by atoms with Crippen molar-refractivity contribution in [2.24, 2.45) is 5.92 Å². The third kappa shape index (κ3) is 3.23. The van der Waals surface area contributed by atoms with Crippen LogP contribution in [0, 0.1) is 5.92 Å². The lowest BCUT2D eigenvalue weighted by Gasteiger charge is -2.04. The molecule has 0 aromatic carbocycles. The number of aromatic nitrogens is 3. The summed E-state index contributed by atoms with van der Waals surface area (Å²) in [7, 11) is 0. The van der Waals surface area contributed by atoms with Gasteiger partial charge in [-0.2, -0.15) is 0 Å². The molecule has 0 saturated carbocycles. The minimum Gasteiger partial charge on any atom is -0.349 e. The van der Waals surface area contributed by atoms with Gasteiger partial charge in [0.2, 0.25) is 5.82 Å². The Balaban J connectivity index is 2.27. The summed E-state index contributed by atoms with van der Waals surface area (Å²) < 4.78 is 0. The normalized spacial score (nSPS) is 10.4. The fourth-order valence-electron chi connectivity index (χ4n) is 0.872. The largest absolute Gasteiger partial charge is 0.349 e. The lowest BCUT2D eigenvalue weighted by molar-refractivity contribution is 0.0942. The van der Waals surface area contributed by atoms with Gasteiger partial charge in [-0.1, -0.05) is 13.8 Å². The Bertz CT molecular complexity index is 255. The number of aromatic amines is 1. The number of carbonyl (C=O) groups is 1. The van der Waals surface area contributed by atoms with E-state index in [4.69, 9.17) is 0 Å². The Morgan fingerprint density at radius 1 is 1.69 bits per heavy atom. The first kappa shape index (κ1) is 9.70. The van der Waals surface area contributed by atoms with E-state index in [-0.39, 0.29) is 11.7 Å². The Kier molecular flexibility index (Phi) is 3.42. The molecule has 2 N–H and O–H groups in total. The Morgan fingerprint density at radius 3 is 3.00 bits per heavy atom. The monoisotopic (exact) mass is 182 g/mol. The van der Waals surface area contributed by atoms with Crippen molar-refractivity contribution < 1.29 is 4.79 Å². The highest BCUT2D eigenvalue weighted by Gasteiger charge is 2.07. The highest BCUT2D eigenvalue weighted by atomic mass is 16.2. The SMILES string of the molecule is CC(C)CCNC(=O)c1nc[nH]n1. The van der Waals surface area contributed by atoms with Crippen LogP contribution in [0.15, 0.2) is 6.33 Å². The Morgan fingerprint density at radius 2 is 2.46 bits per heavy atom. The number of nitrogens with one attached hydrogen (secondary N) is 2. The quantitative estimate of drug-likeness (QED) is 0.715. The molecule has 0 saturated heterocycles. The van der Waals surface area contributed by atoms with Crippen LogP contribution in [0.4, 0.5) is 0 Å². The van der Waals surface area contributed by atoms with Crippen molar-refractivity contribution in [2.75, 3.05) is 6.54 Å². The van der Waals surface area contributed by atoms with E-state index >= 15 is 0 Å². The van der Waals surface area contributed by atoms with Crippen LogP contribution in [-0.2, 0) is 0 Å². The molecule has 0 bridgehead atoms. The van der Waals surface area contributed by atoms with Crippen molar-refractivity contribution in [3.8, 4) is 0 Å². The second kappa shape index (κ2) is 4.59. The fourth-order valence-corrected chi connectivity index (χ4v) is 0.872. The first-order valence-electron chi connectivity index (χ1n) is 4.34. The van der Waals surface area contributed by atoms with Gasteiger partial charge in [0.05, 0.1) is 0 Å². The average Bonchev–Trinajstić information content (AvgIpc) is 2.55. The maximum absolute atomic E-state index is 11.2. The van der Waals surface area contributed by atoms with Gasteiger partial charge in [-0.3, -0.25) is 9.89 Å². The number of amides is 1. The van der Waals surface area contributed by atoms with Crippen molar-refractivity contribution in [1.82, 2.24) is 20.5 Å². The molecule has 0 unspecified atom stereocenters. The summed E-state index contributed by atoms with van der Waals surface area (Å²) in [5, 5.41) is 8.89. The molecule has 0 spiro atoms. The summed E-state index contributed by atoms with van der Waals surface area (Å²) in [6, 6.07) is 0. The van der Waals surface area contributed by atoms with Gasteiger partial charge in [0.15, 0.2) is 0 Å². The maximum atomic E-state index is 11.2. The zero-order valence-electron chi connectivity index (χ0n) is 7.87. The highest BCUT2D eigenvalue weighted by molar-refractivity contribution is 5.90. The standard InChI is InChI=1S/C8H14N4O/c1-6(2)3-4-9-8(13)7-10-5-11-12-7/h5-6H,3-4H2,1-2H3,(H,9,13)(H,10,11,12). The molecule has 5 nitrogen and oxygen atoms in total. The van der Waals surface area contributed by atoms with Gasteiger partial charge in [0.1, 0.15) is 6.33 Å². The molecule has 72 valence electrons. The number of H-pyrrole nitrogens is 1. The van der Waals surface area contributed by atoms with Gasteiger partial charge in [0, 0.05) is 6.54 Å². The van der Waals surface area contributed by atoms with Crippen molar-refractivity contribution >= 4 is 5.91 Å². The molecule has 0 aliphatic rings. The predicted molar refractivity (Wildman–Crippen MR) is 48.2 cm³/mol. The summed E-state index contributed by atoms with van der Waals surface area (Å²) in [6.45, 7) is 4.89. The van der Waals surface area contributed by atoms with Gasteiger partial charge in [-0.05, 0) is 12.3 Å². The van der Waals surface area contributed by atoms with E-state index in [0.29, 0.717) is 12.5 Å². The summed E-state index contributed by atoms with van der Waals surface area (Å²) in [5.74, 6) is 0.568. The summed E-state index contributed by atoms with van der Waals surface area (Å²) in [6.07, 6.45) is 2.35. The first-order chi connectivity index (χ1) is 6.20. The minimum absolute atomic E-state index is 0.198. The van der Waals surface area contributed by atoms with E-state index in [9.17, 15) is 4.79 Å². The van der Waals surface area contributed by atoms with Gasteiger partial charge < -0.3 is 5.32 Å². The van der Waals surface area contributed by atoms with Crippen LogP contribution in [-0.4, -0.2) is 27.6 Å². The van der Waals surface area contributed by atoms with Crippen molar-refractivity contribution in [3.05, 3.63) is 12.2 Å². The molecule has 5 heteroatoms. The smallest absolute Gasteiger partial charge is 0.290 e. The van der Waals surface area contributed by atoms with E-state index in [1.165, 1.54) is 6.33 Å². The van der Waals surface area contributed by atoms with Gasteiger partial charge in [-0.15, -0.1) is 5.10 Å². The first-order valence-corrected chi connectivity index (χ1v) is 4.34. The zero-order chi connectivity index (χ0) is 9.68. The van der Waals surface area contributed by atoms with E-state index < -0.39 is 0 Å². The van der Waals surface area contributed by atoms with Crippen molar-refractivity contribution in [2.45, 2.75) is 20.3 Å². The van der Waals surface area contributed by atoms with Crippen LogP contribution < -0.4 is 5.32 Å². The van der Waals surface area contributed by atoms with Crippen LogP contribution in [0.1, 0.15) is 30.9 Å². The molecule has 1 heterocycles. The second-order valence-corrected chi connectivity index (χ2v) is 3.26. The van der Waals surface area contributed by atoms with Crippen molar-refractivity contribution in [3.63, 3.8) is 0 Å². The van der Waals surface area contributed by atoms with Crippen LogP contribution in [0.3, 0.4) is 0 Å². The van der Waals surface area contributed by atoms with E-state index in [1.54, 1.807) is 0 Å². The lowest BCUT2D eigenvalue weighted by Crippen LogP contribution is -2.26. The molecule has 0 radical (unpaired) electrons. The molecule has 13 heavy (non-hydrogen) atoms. The highest BCUT2D eigenvalue weighted by Crippen LogP contribution is 1.96. The third-order valence-corrected chi connectivity index (χ3v) is 1.63. The molecule has 0 aliphatic carbocycles. The van der Waals surface area contributed by atoms with Crippen LogP contribution in [0.5, 0.6) is 0 Å². The molecule has 0 atom stereocenters. The van der Waals surface area contributed by atoms with Crippen LogP contribution >= 0.6 is 0 Å². The molecule has 1 amide bonds. The molecular formula is C8H14N4O. The average molecular weight is 182 g/mol. The zero-order valence-corrected chi connectivity index (χ0v) is 7.87. The van der Waals surface area contributed by atoms with Crippen LogP contribution in [0.2, 0.25) is 0 Å². The molecular weight excluding hydrogens is 168 g/mol. The summed E-state index contributed by atoms with van der Waals surface area (Å²) in [4.78, 5) is 15.0. The number of hydrogen-bond donors (Lipinski definition) is 2. The minimum atomic E-state index is -0.220. The third-order valence-electron chi connectivity index (χ3n) is 1.63. The van der Waals surface area contributed by atoms with Gasteiger partial charge >= 0.3 is 0 Å². The molecule has 0 aliphatic heterocycles. The predicted octanol–water partition coefficient (Wildman–Crippen LogP) is 0.581. The van der Waals surface area contributed by atoms with E-state index in [0.717, 1.165) is 6.42 Å². The molecule has 1 aromatic heterocycles. The number of nitrogens with zero attached hydrogens (tertiary/aromatic N) is 2. The van der Waals surface area contributed by atoms with Crippen LogP contribution in [0.25, 0.3) is 0 Å². The lowest BCUT2D eigenvalue weighted by atomic mass is 10.1. The van der Waals surface area contributed by atoms with Gasteiger partial charge in [0.25, 0.3) is 5.91 Å². The topological polar surface area (TPSA) is 70.7 Å².